The van der Waals surface area contributed by atoms with Gasteiger partial charge in [0.05, 0.1) is 0 Å². The van der Waals surface area contributed by atoms with Crippen molar-refractivity contribution in [3.05, 3.63) is 0 Å². The van der Waals surface area contributed by atoms with Crippen LogP contribution in [0.4, 0.5) is 22.8 Å². The van der Waals surface area contributed by atoms with Crippen molar-refractivity contribution in [2.45, 2.75) is 50.5 Å². The van der Waals surface area contributed by atoms with Gasteiger partial charge in [-0.05, 0) is 25.2 Å². The van der Waals surface area contributed by atoms with E-state index in [1.165, 1.54) is 0 Å². The zero-order chi connectivity index (χ0) is 19.0. The van der Waals surface area contributed by atoms with Crippen LogP contribution in [0.1, 0.15) is 26.2 Å². The second-order valence-corrected chi connectivity index (χ2v) is 6.67. The molecule has 0 radical (unpaired) electrons. The van der Waals surface area contributed by atoms with Gasteiger partial charge in [-0.15, -0.1) is 0 Å². The van der Waals surface area contributed by atoms with E-state index in [0.717, 1.165) is 0 Å². The topological polar surface area (TPSA) is 76.7 Å². The lowest BCUT2D eigenvalue weighted by Gasteiger charge is -2.35. The Hall–Kier alpha value is -0.970. The first-order valence-corrected chi connectivity index (χ1v) is 9.09. The predicted octanol–water partition coefficient (Wildman–Crippen LogP) is 2.79. The highest BCUT2D eigenvalue weighted by Crippen LogP contribution is 2.25. The predicted molar refractivity (Wildman–Crippen MR) is 92.2 cm³/mol. The fraction of sp³-hybridized carbons (Fsp3) is 0.857. The molecular weight excluding hydrogens is 381 g/mol. The summed E-state index contributed by atoms with van der Waals surface area (Å²) < 4.78 is 46.3. The van der Waals surface area contributed by atoms with E-state index in [2.05, 4.69) is 40.6 Å². The van der Waals surface area contributed by atoms with Crippen LogP contribution in [0.5, 0.6) is 0 Å². The van der Waals surface area contributed by atoms with Gasteiger partial charge in [0.1, 0.15) is 6.10 Å². The molecular formula is C14H23F3N2O4S2. The number of amides is 2. The highest BCUT2D eigenvalue weighted by atomic mass is 32.1. The van der Waals surface area contributed by atoms with Gasteiger partial charge >= 0.3 is 18.3 Å². The van der Waals surface area contributed by atoms with Crippen molar-refractivity contribution in [3.63, 3.8) is 0 Å². The number of hydrogen-bond donors (Lipinski definition) is 4. The molecule has 2 N–H and O–H groups in total. The van der Waals surface area contributed by atoms with Crippen molar-refractivity contribution < 1.29 is 32.2 Å². The van der Waals surface area contributed by atoms with E-state index in [4.69, 9.17) is 4.74 Å². The van der Waals surface area contributed by atoms with Crippen molar-refractivity contribution in [1.82, 2.24) is 10.6 Å². The van der Waals surface area contributed by atoms with E-state index in [1.54, 1.807) is 0 Å². The molecule has 146 valence electrons. The Labute approximate surface area is 155 Å². The maximum atomic E-state index is 12.7. The molecule has 1 aliphatic rings. The van der Waals surface area contributed by atoms with Gasteiger partial charge in [-0.2, -0.15) is 34.0 Å². The Bertz CT molecular complexity index is 456. The highest BCUT2D eigenvalue weighted by molar-refractivity contribution is 7.81. The van der Waals surface area contributed by atoms with Crippen LogP contribution in [-0.4, -0.2) is 54.7 Å². The van der Waals surface area contributed by atoms with E-state index < -0.39 is 37.1 Å². The van der Waals surface area contributed by atoms with Gasteiger partial charge in [-0.1, -0.05) is 6.92 Å². The number of nitrogens with one attached hydrogen (secondary N) is 2. The van der Waals surface area contributed by atoms with Crippen molar-refractivity contribution in [2.75, 3.05) is 18.2 Å². The third-order valence-electron chi connectivity index (χ3n) is 3.90. The van der Waals surface area contributed by atoms with E-state index in [1.807, 2.05) is 6.92 Å². The normalized spacial score (nSPS) is 23.9. The maximum absolute atomic E-state index is 12.7. The molecule has 0 bridgehead atoms. The Morgan fingerprint density at radius 3 is 2.40 bits per heavy atom. The van der Waals surface area contributed by atoms with E-state index in [0.29, 0.717) is 30.8 Å². The monoisotopic (exact) mass is 404 g/mol. The lowest BCUT2D eigenvalue weighted by molar-refractivity contribution is -0.207. The Kier molecular flexibility index (Phi) is 9.04. The quantitative estimate of drug-likeness (QED) is 0.492. The largest absolute Gasteiger partial charge is 0.445 e. The van der Waals surface area contributed by atoms with Crippen LogP contribution in [0.2, 0.25) is 0 Å². The first-order valence-electron chi connectivity index (χ1n) is 7.83. The molecule has 1 fully saturated rings. The Morgan fingerprint density at radius 2 is 1.84 bits per heavy atom. The molecule has 0 heterocycles. The molecule has 0 aliphatic heterocycles. The number of alkyl carbamates (subject to hydrolysis) is 2. The van der Waals surface area contributed by atoms with Crippen molar-refractivity contribution in [3.8, 4) is 0 Å². The lowest BCUT2D eigenvalue weighted by Crippen LogP contribution is -2.50. The molecule has 3 atom stereocenters. The Morgan fingerprint density at radius 1 is 1.20 bits per heavy atom. The maximum Gasteiger partial charge on any atom is 0.430 e. The minimum Gasteiger partial charge on any atom is -0.445 e. The van der Waals surface area contributed by atoms with Gasteiger partial charge < -0.3 is 20.1 Å². The molecule has 6 nitrogen and oxygen atoms in total. The summed E-state index contributed by atoms with van der Waals surface area (Å²) in [6, 6.07) is -0.788. The summed E-state index contributed by atoms with van der Waals surface area (Å²) in [5.41, 5.74) is 0. The minimum atomic E-state index is -4.15. The number of halogens is 3. The lowest BCUT2D eigenvalue weighted by atomic mass is 9.83. The van der Waals surface area contributed by atoms with E-state index in [-0.39, 0.29) is 12.0 Å². The summed E-state index contributed by atoms with van der Waals surface area (Å²) in [7, 11) is 0. The van der Waals surface area contributed by atoms with Crippen molar-refractivity contribution in [2.24, 2.45) is 5.92 Å². The van der Waals surface area contributed by atoms with Gasteiger partial charge in [0.15, 0.2) is 6.67 Å². The standard InChI is InChI=1S/C14H23F3N2O4S2/c1-8-2-3-9(18-13(21)23-14(16,17)7-15)4-11(8)19-12(20)22-10(5-24)6-25/h8-11,24-25H,2-7H2,1H3,(H,18,21)(H,19,20). The van der Waals surface area contributed by atoms with Gasteiger partial charge in [0, 0.05) is 23.6 Å². The number of thiol groups is 2. The van der Waals surface area contributed by atoms with Crippen LogP contribution in [0.15, 0.2) is 0 Å². The van der Waals surface area contributed by atoms with Crippen LogP contribution in [0.25, 0.3) is 0 Å². The summed E-state index contributed by atoms with van der Waals surface area (Å²) in [6.07, 6.45) is -5.11. The average Bonchev–Trinajstić information content (AvgIpc) is 2.55. The summed E-state index contributed by atoms with van der Waals surface area (Å²) in [6.45, 7) is -0.166. The molecule has 1 rings (SSSR count). The zero-order valence-electron chi connectivity index (χ0n) is 13.7. The van der Waals surface area contributed by atoms with Crippen molar-refractivity contribution >= 4 is 37.4 Å². The molecule has 0 aromatic rings. The number of rotatable bonds is 7. The molecule has 0 aromatic heterocycles. The molecule has 2 amide bonds. The molecule has 25 heavy (non-hydrogen) atoms. The van der Waals surface area contributed by atoms with Crippen LogP contribution < -0.4 is 10.6 Å². The number of carbonyl (C=O) groups excluding carboxylic acids is 2. The van der Waals surface area contributed by atoms with Crippen molar-refractivity contribution in [1.29, 1.82) is 0 Å². The Balaban J connectivity index is 2.51. The van der Waals surface area contributed by atoms with Crippen LogP contribution in [-0.2, 0) is 9.47 Å². The molecule has 1 saturated carbocycles. The number of ether oxygens (including phenoxy) is 2. The molecule has 3 unspecified atom stereocenters. The minimum absolute atomic E-state index is 0.111. The van der Waals surface area contributed by atoms with Gasteiger partial charge in [0.2, 0.25) is 0 Å². The molecule has 0 aromatic carbocycles. The fourth-order valence-electron chi connectivity index (χ4n) is 2.48. The van der Waals surface area contributed by atoms with E-state index >= 15 is 0 Å². The van der Waals surface area contributed by atoms with Crippen LogP contribution in [0.3, 0.4) is 0 Å². The van der Waals surface area contributed by atoms with Crippen LogP contribution in [0, 0.1) is 5.92 Å². The smallest absolute Gasteiger partial charge is 0.430 e. The van der Waals surface area contributed by atoms with Gasteiger partial charge in [-0.3, -0.25) is 0 Å². The number of alkyl halides is 3. The summed E-state index contributed by atoms with van der Waals surface area (Å²) in [5, 5.41) is 4.97. The highest BCUT2D eigenvalue weighted by Gasteiger charge is 2.36. The summed E-state index contributed by atoms with van der Waals surface area (Å²) in [4.78, 5) is 23.3. The SMILES string of the molecule is CC1CCC(NC(=O)OC(F)(F)CF)CC1NC(=O)OC(CS)CS. The zero-order valence-corrected chi connectivity index (χ0v) is 15.5. The molecule has 11 heteroatoms. The van der Waals surface area contributed by atoms with Gasteiger partial charge in [-0.25, -0.2) is 14.0 Å². The third-order valence-corrected chi connectivity index (χ3v) is 4.71. The number of hydrogen-bond acceptors (Lipinski definition) is 6. The first kappa shape index (κ1) is 22.1. The summed E-state index contributed by atoms with van der Waals surface area (Å²) >= 11 is 8.09. The number of carbonyl (C=O) groups is 2. The van der Waals surface area contributed by atoms with E-state index in [9.17, 15) is 22.8 Å². The molecule has 0 spiro atoms. The second kappa shape index (κ2) is 10.2. The van der Waals surface area contributed by atoms with Crippen LogP contribution >= 0.6 is 25.3 Å². The first-order chi connectivity index (χ1) is 11.7. The fourth-order valence-corrected chi connectivity index (χ4v) is 3.09. The molecule has 1 aliphatic carbocycles. The second-order valence-electron chi connectivity index (χ2n) is 5.94. The third kappa shape index (κ3) is 7.85. The summed E-state index contributed by atoms with van der Waals surface area (Å²) in [5.74, 6) is 0.769. The van der Waals surface area contributed by atoms with Gasteiger partial charge in [0.25, 0.3) is 0 Å². The average molecular weight is 404 g/mol. The molecule has 0 saturated heterocycles.